The second-order valence-corrected chi connectivity index (χ2v) is 6.51. The molecule has 0 atom stereocenters. The van der Waals surface area contributed by atoms with Crippen LogP contribution in [0.25, 0.3) is 6.08 Å². The molecule has 7 heteroatoms. The van der Waals surface area contributed by atoms with E-state index in [9.17, 15) is 14.4 Å². The predicted molar refractivity (Wildman–Crippen MR) is 114 cm³/mol. The Labute approximate surface area is 178 Å². The Morgan fingerprint density at radius 2 is 1.43 bits per heavy atom. The van der Waals surface area contributed by atoms with Crippen LogP contribution < -0.4 is 15.6 Å². The van der Waals surface area contributed by atoms with Gasteiger partial charge in [-0.1, -0.05) is 48.0 Å². The Balaban J connectivity index is 1.60. The van der Waals surface area contributed by atoms with Crippen molar-refractivity contribution in [3.05, 3.63) is 107 Å². The van der Waals surface area contributed by atoms with Crippen molar-refractivity contribution < 1.29 is 19.1 Å². The molecule has 0 bridgehead atoms. The lowest BCUT2D eigenvalue weighted by molar-refractivity contribution is -0.117. The highest BCUT2D eigenvalue weighted by atomic mass is 35.5. The van der Waals surface area contributed by atoms with Gasteiger partial charge >= 0.3 is 5.97 Å². The van der Waals surface area contributed by atoms with Crippen molar-refractivity contribution in [2.45, 2.75) is 0 Å². The van der Waals surface area contributed by atoms with Crippen LogP contribution in [0.4, 0.5) is 0 Å². The number of halogens is 1. The summed E-state index contributed by atoms with van der Waals surface area (Å²) in [6.45, 7) is 0. The molecule has 0 unspecified atom stereocenters. The summed E-state index contributed by atoms with van der Waals surface area (Å²) in [5.74, 6) is -1.23. The van der Waals surface area contributed by atoms with Gasteiger partial charge in [-0.2, -0.15) is 0 Å². The summed E-state index contributed by atoms with van der Waals surface area (Å²) in [6.07, 6.45) is 2.70. The van der Waals surface area contributed by atoms with Crippen LogP contribution in [0.15, 0.2) is 84.9 Å². The van der Waals surface area contributed by atoms with E-state index in [1.54, 1.807) is 66.7 Å². The van der Waals surface area contributed by atoms with E-state index in [1.165, 1.54) is 24.3 Å². The Hall–Kier alpha value is -3.90. The summed E-state index contributed by atoms with van der Waals surface area (Å²) in [4.78, 5) is 36.3. The van der Waals surface area contributed by atoms with Gasteiger partial charge in [0.2, 0.25) is 0 Å². The Kier molecular flexibility index (Phi) is 6.97. The van der Waals surface area contributed by atoms with E-state index in [1.807, 2.05) is 0 Å². The standard InChI is InChI=1S/C23H17ClN2O4/c24-19-13-10-17(11-14-19)22(28)26-25-21(27)15-12-16-6-4-5-9-20(16)30-23(29)18-7-2-1-3-8-18/h1-15H,(H,25,27)(H,26,28)/b15-12+. The number of para-hydroxylation sites is 1. The first-order valence-electron chi connectivity index (χ1n) is 8.93. The highest BCUT2D eigenvalue weighted by Crippen LogP contribution is 2.20. The first-order valence-corrected chi connectivity index (χ1v) is 9.31. The molecule has 0 radical (unpaired) electrons. The van der Waals surface area contributed by atoms with E-state index in [0.29, 0.717) is 27.5 Å². The molecule has 0 saturated carbocycles. The van der Waals surface area contributed by atoms with Gasteiger partial charge in [-0.05, 0) is 48.5 Å². The molecule has 3 aromatic carbocycles. The minimum absolute atomic E-state index is 0.306. The molecule has 0 saturated heterocycles. The fraction of sp³-hybridized carbons (Fsp3) is 0. The van der Waals surface area contributed by atoms with Gasteiger partial charge in [0.05, 0.1) is 5.56 Å². The summed E-state index contributed by atoms with van der Waals surface area (Å²) >= 11 is 5.78. The summed E-state index contributed by atoms with van der Waals surface area (Å²) in [5.41, 5.74) is 5.88. The first-order chi connectivity index (χ1) is 14.5. The van der Waals surface area contributed by atoms with Gasteiger partial charge in [0, 0.05) is 22.2 Å². The topological polar surface area (TPSA) is 84.5 Å². The van der Waals surface area contributed by atoms with Crippen molar-refractivity contribution in [3.63, 3.8) is 0 Å². The molecule has 3 rings (SSSR count). The number of nitrogens with one attached hydrogen (secondary N) is 2. The van der Waals surface area contributed by atoms with E-state index in [4.69, 9.17) is 16.3 Å². The Morgan fingerprint density at radius 1 is 0.767 bits per heavy atom. The number of esters is 1. The second-order valence-electron chi connectivity index (χ2n) is 6.08. The lowest BCUT2D eigenvalue weighted by Crippen LogP contribution is -2.40. The van der Waals surface area contributed by atoms with Gasteiger partial charge in [-0.25, -0.2) is 4.79 Å². The molecule has 0 heterocycles. The molecule has 0 aliphatic rings. The highest BCUT2D eigenvalue weighted by Gasteiger charge is 2.10. The number of carbonyl (C=O) groups is 3. The highest BCUT2D eigenvalue weighted by molar-refractivity contribution is 6.30. The lowest BCUT2D eigenvalue weighted by Gasteiger charge is -2.08. The smallest absolute Gasteiger partial charge is 0.343 e. The zero-order valence-corrected chi connectivity index (χ0v) is 16.4. The van der Waals surface area contributed by atoms with Crippen LogP contribution in [0.2, 0.25) is 5.02 Å². The van der Waals surface area contributed by atoms with Crippen LogP contribution >= 0.6 is 11.6 Å². The van der Waals surface area contributed by atoms with Crippen LogP contribution in [0.5, 0.6) is 5.75 Å². The molecule has 0 fully saturated rings. The van der Waals surface area contributed by atoms with Crippen LogP contribution in [0.1, 0.15) is 26.3 Å². The number of amides is 2. The monoisotopic (exact) mass is 420 g/mol. The van der Waals surface area contributed by atoms with Crippen LogP contribution in [-0.2, 0) is 4.79 Å². The maximum atomic E-state index is 12.3. The van der Waals surface area contributed by atoms with Crippen molar-refractivity contribution in [2.24, 2.45) is 0 Å². The lowest BCUT2D eigenvalue weighted by atomic mass is 10.2. The van der Waals surface area contributed by atoms with E-state index < -0.39 is 17.8 Å². The van der Waals surface area contributed by atoms with Crippen LogP contribution in [-0.4, -0.2) is 17.8 Å². The van der Waals surface area contributed by atoms with Gasteiger partial charge in [0.15, 0.2) is 0 Å². The van der Waals surface area contributed by atoms with Crippen molar-refractivity contribution in [1.82, 2.24) is 10.9 Å². The molecule has 30 heavy (non-hydrogen) atoms. The molecule has 150 valence electrons. The molecule has 0 aliphatic carbocycles. The summed E-state index contributed by atoms with van der Waals surface area (Å²) in [5, 5.41) is 0.505. The summed E-state index contributed by atoms with van der Waals surface area (Å²) < 4.78 is 5.43. The summed E-state index contributed by atoms with van der Waals surface area (Å²) in [6, 6.07) is 21.6. The predicted octanol–water partition coefficient (Wildman–Crippen LogP) is 4.03. The van der Waals surface area contributed by atoms with Crippen molar-refractivity contribution in [2.75, 3.05) is 0 Å². The van der Waals surface area contributed by atoms with Gasteiger partial charge in [0.25, 0.3) is 11.8 Å². The molecule has 0 aromatic heterocycles. The molecule has 2 N–H and O–H groups in total. The van der Waals surface area contributed by atoms with Crippen molar-refractivity contribution in [3.8, 4) is 5.75 Å². The number of hydrogen-bond donors (Lipinski definition) is 2. The fourth-order valence-corrected chi connectivity index (χ4v) is 2.57. The zero-order valence-electron chi connectivity index (χ0n) is 15.7. The third-order valence-corrected chi connectivity index (χ3v) is 4.20. The zero-order chi connectivity index (χ0) is 21.3. The number of benzene rings is 3. The average Bonchev–Trinajstić information content (AvgIpc) is 2.78. The molecule has 2 amide bonds. The maximum Gasteiger partial charge on any atom is 0.343 e. The van der Waals surface area contributed by atoms with Crippen molar-refractivity contribution in [1.29, 1.82) is 0 Å². The number of hydrogen-bond acceptors (Lipinski definition) is 4. The van der Waals surface area contributed by atoms with E-state index in [-0.39, 0.29) is 0 Å². The molecular formula is C23H17ClN2O4. The van der Waals surface area contributed by atoms with E-state index in [0.717, 1.165) is 0 Å². The van der Waals surface area contributed by atoms with Crippen molar-refractivity contribution >= 4 is 35.5 Å². The number of ether oxygens (including phenoxy) is 1. The quantitative estimate of drug-likeness (QED) is 0.282. The number of rotatable bonds is 5. The minimum Gasteiger partial charge on any atom is -0.422 e. The second kappa shape index (κ2) is 10.0. The third kappa shape index (κ3) is 5.80. The van der Waals surface area contributed by atoms with Gasteiger partial charge in [0.1, 0.15) is 5.75 Å². The largest absolute Gasteiger partial charge is 0.422 e. The number of hydrazine groups is 1. The molecular weight excluding hydrogens is 404 g/mol. The number of carbonyl (C=O) groups excluding carboxylic acids is 3. The van der Waals surface area contributed by atoms with E-state index in [2.05, 4.69) is 10.9 Å². The third-order valence-electron chi connectivity index (χ3n) is 3.95. The molecule has 6 nitrogen and oxygen atoms in total. The van der Waals surface area contributed by atoms with Gasteiger partial charge < -0.3 is 4.74 Å². The fourth-order valence-electron chi connectivity index (χ4n) is 2.44. The SMILES string of the molecule is O=C(/C=C/c1ccccc1OC(=O)c1ccccc1)NNC(=O)c1ccc(Cl)cc1. The molecule has 0 aliphatic heterocycles. The minimum atomic E-state index is -0.554. The first kappa shape index (κ1) is 20.8. The summed E-state index contributed by atoms with van der Waals surface area (Å²) in [7, 11) is 0. The Morgan fingerprint density at radius 3 is 2.17 bits per heavy atom. The van der Waals surface area contributed by atoms with Gasteiger partial charge in [-0.15, -0.1) is 0 Å². The maximum absolute atomic E-state index is 12.3. The molecule has 3 aromatic rings. The van der Waals surface area contributed by atoms with Crippen LogP contribution in [0, 0.1) is 0 Å². The normalized spacial score (nSPS) is 10.4. The van der Waals surface area contributed by atoms with Crippen LogP contribution in [0.3, 0.4) is 0 Å². The van der Waals surface area contributed by atoms with Gasteiger partial charge in [-0.3, -0.25) is 20.4 Å². The van der Waals surface area contributed by atoms with E-state index >= 15 is 0 Å². The Bertz CT molecular complexity index is 1080. The average molecular weight is 421 g/mol. The molecule has 0 spiro atoms.